The zero-order valence-corrected chi connectivity index (χ0v) is 15.3. The molecule has 1 amide bonds. The first-order valence-electron chi connectivity index (χ1n) is 8.84. The molecule has 0 aliphatic carbocycles. The van der Waals surface area contributed by atoms with E-state index in [0.29, 0.717) is 6.54 Å². The second-order valence-electron chi connectivity index (χ2n) is 6.41. The lowest BCUT2D eigenvalue weighted by atomic mass is 10.1. The van der Waals surface area contributed by atoms with E-state index >= 15 is 0 Å². The Bertz CT molecular complexity index is 657. The van der Waals surface area contributed by atoms with Crippen molar-refractivity contribution in [3.63, 3.8) is 0 Å². The Balaban J connectivity index is 1.67. The number of nitrogens with zero attached hydrogens (tertiary/aromatic N) is 1. The maximum Gasteiger partial charge on any atom is 0.261 e. The molecule has 0 saturated carbocycles. The van der Waals surface area contributed by atoms with Crippen LogP contribution in [0.2, 0.25) is 0 Å². The molecule has 1 N–H and O–H groups in total. The molecule has 1 atom stereocenters. The summed E-state index contributed by atoms with van der Waals surface area (Å²) < 4.78 is 5.64. The molecule has 0 bridgehead atoms. The summed E-state index contributed by atoms with van der Waals surface area (Å²) in [6.45, 7) is 6.93. The molecule has 2 aromatic rings. The quantitative estimate of drug-likeness (QED) is 0.854. The van der Waals surface area contributed by atoms with Crippen LogP contribution in [0.5, 0.6) is 0 Å². The number of furan rings is 1. The van der Waals surface area contributed by atoms with E-state index in [9.17, 15) is 4.79 Å². The minimum atomic E-state index is 0.0244. The Labute approximate surface area is 147 Å². The highest BCUT2D eigenvalue weighted by Gasteiger charge is 2.25. The number of hydrogen-bond acceptors (Lipinski definition) is 4. The van der Waals surface area contributed by atoms with E-state index < -0.39 is 0 Å². The highest BCUT2D eigenvalue weighted by molar-refractivity contribution is 7.14. The van der Waals surface area contributed by atoms with Crippen LogP contribution in [0.15, 0.2) is 28.9 Å². The summed E-state index contributed by atoms with van der Waals surface area (Å²) >= 11 is 1.60. The predicted octanol–water partition coefficient (Wildman–Crippen LogP) is 4.17. The van der Waals surface area contributed by atoms with Gasteiger partial charge in [-0.2, -0.15) is 0 Å². The standard InChI is InChI=1S/C19H26N2O2S/c1-3-17-14(2)12-18(24-17)19(22)20-13-15(16-8-7-11-23-16)21-9-5-4-6-10-21/h7-8,11-12,15H,3-6,9-10,13H2,1-2H3,(H,20,22)/t15-/m0/s1. The molecule has 0 radical (unpaired) electrons. The van der Waals surface area contributed by atoms with Gasteiger partial charge in [0, 0.05) is 11.4 Å². The molecule has 1 aliphatic rings. The predicted molar refractivity (Wildman–Crippen MR) is 97.6 cm³/mol. The topological polar surface area (TPSA) is 45.5 Å². The lowest BCUT2D eigenvalue weighted by molar-refractivity contribution is 0.0918. The van der Waals surface area contributed by atoms with Gasteiger partial charge in [0.05, 0.1) is 17.2 Å². The number of nitrogens with one attached hydrogen (secondary N) is 1. The highest BCUT2D eigenvalue weighted by atomic mass is 32.1. The molecule has 0 unspecified atom stereocenters. The zero-order chi connectivity index (χ0) is 16.9. The van der Waals surface area contributed by atoms with E-state index in [1.807, 2.05) is 18.2 Å². The molecule has 5 heteroatoms. The van der Waals surface area contributed by atoms with Crippen molar-refractivity contribution in [2.45, 2.75) is 45.6 Å². The molecule has 0 spiro atoms. The van der Waals surface area contributed by atoms with Gasteiger partial charge in [-0.15, -0.1) is 11.3 Å². The molecular formula is C19H26N2O2S. The minimum absolute atomic E-state index is 0.0244. The number of rotatable bonds is 6. The van der Waals surface area contributed by atoms with Gasteiger partial charge in [-0.1, -0.05) is 13.3 Å². The second-order valence-corrected chi connectivity index (χ2v) is 7.55. The van der Waals surface area contributed by atoms with Gasteiger partial charge in [0.25, 0.3) is 5.91 Å². The normalized spacial score (nSPS) is 16.9. The van der Waals surface area contributed by atoms with E-state index in [0.717, 1.165) is 30.1 Å². The maximum absolute atomic E-state index is 12.5. The van der Waals surface area contributed by atoms with Crippen molar-refractivity contribution in [3.05, 3.63) is 45.5 Å². The van der Waals surface area contributed by atoms with Gasteiger partial charge in [0.15, 0.2) is 0 Å². The number of hydrogen-bond donors (Lipinski definition) is 1. The number of likely N-dealkylation sites (tertiary alicyclic amines) is 1. The number of carbonyl (C=O) groups is 1. The van der Waals surface area contributed by atoms with Crippen LogP contribution in [0.1, 0.15) is 58.1 Å². The van der Waals surface area contributed by atoms with Crippen LogP contribution >= 0.6 is 11.3 Å². The van der Waals surface area contributed by atoms with Gasteiger partial charge in [-0.25, -0.2) is 0 Å². The SMILES string of the molecule is CCc1sc(C(=O)NC[C@@H](c2ccco2)N2CCCCC2)cc1C. The third-order valence-electron chi connectivity index (χ3n) is 4.72. The molecule has 0 aromatic carbocycles. The van der Waals surface area contributed by atoms with E-state index in [1.165, 1.54) is 29.7 Å². The highest BCUT2D eigenvalue weighted by Crippen LogP contribution is 2.25. The maximum atomic E-state index is 12.5. The summed E-state index contributed by atoms with van der Waals surface area (Å²) in [6.07, 6.45) is 6.42. The number of piperidine rings is 1. The molecule has 2 aromatic heterocycles. The van der Waals surface area contributed by atoms with Crippen LogP contribution in [0.25, 0.3) is 0 Å². The van der Waals surface area contributed by atoms with Crippen molar-refractivity contribution in [1.82, 2.24) is 10.2 Å². The fourth-order valence-corrected chi connectivity index (χ4v) is 4.41. The monoisotopic (exact) mass is 346 g/mol. The summed E-state index contributed by atoms with van der Waals surface area (Å²) in [7, 11) is 0. The molecular weight excluding hydrogens is 320 g/mol. The number of amides is 1. The largest absolute Gasteiger partial charge is 0.468 e. The summed E-state index contributed by atoms with van der Waals surface area (Å²) in [5.41, 5.74) is 1.21. The molecule has 1 fully saturated rings. The number of aryl methyl sites for hydroxylation is 2. The fourth-order valence-electron chi connectivity index (χ4n) is 3.38. The first kappa shape index (κ1) is 17.2. The molecule has 130 valence electrons. The van der Waals surface area contributed by atoms with Gasteiger partial charge < -0.3 is 9.73 Å². The van der Waals surface area contributed by atoms with Gasteiger partial charge in [-0.3, -0.25) is 9.69 Å². The summed E-state index contributed by atoms with van der Waals surface area (Å²) in [5.74, 6) is 0.963. The zero-order valence-electron chi connectivity index (χ0n) is 14.5. The molecule has 4 nitrogen and oxygen atoms in total. The lowest BCUT2D eigenvalue weighted by Gasteiger charge is -2.33. The first-order valence-corrected chi connectivity index (χ1v) is 9.65. The van der Waals surface area contributed by atoms with Crippen LogP contribution in [0.3, 0.4) is 0 Å². The minimum Gasteiger partial charge on any atom is -0.468 e. The summed E-state index contributed by atoms with van der Waals surface area (Å²) in [6, 6.07) is 6.05. The Kier molecular flexibility index (Phi) is 5.74. The Morgan fingerprint density at radius 3 is 2.79 bits per heavy atom. The van der Waals surface area contributed by atoms with E-state index in [2.05, 4.69) is 24.1 Å². The van der Waals surface area contributed by atoms with Crippen LogP contribution in [-0.2, 0) is 6.42 Å². The van der Waals surface area contributed by atoms with Crippen LogP contribution in [0, 0.1) is 6.92 Å². The van der Waals surface area contributed by atoms with Crippen molar-refractivity contribution < 1.29 is 9.21 Å². The average Bonchev–Trinajstić information content (AvgIpc) is 3.25. The van der Waals surface area contributed by atoms with Gasteiger partial charge >= 0.3 is 0 Å². The molecule has 24 heavy (non-hydrogen) atoms. The lowest BCUT2D eigenvalue weighted by Crippen LogP contribution is -2.40. The van der Waals surface area contributed by atoms with Crippen LogP contribution < -0.4 is 5.32 Å². The Morgan fingerprint density at radius 1 is 1.38 bits per heavy atom. The van der Waals surface area contributed by atoms with Crippen molar-refractivity contribution in [1.29, 1.82) is 0 Å². The number of thiophene rings is 1. The second kappa shape index (κ2) is 7.99. The molecule has 3 rings (SSSR count). The van der Waals surface area contributed by atoms with Crippen LogP contribution in [0.4, 0.5) is 0 Å². The van der Waals surface area contributed by atoms with Crippen molar-refractivity contribution >= 4 is 17.2 Å². The molecule has 1 saturated heterocycles. The van der Waals surface area contributed by atoms with E-state index in [-0.39, 0.29) is 11.9 Å². The van der Waals surface area contributed by atoms with E-state index in [1.54, 1.807) is 17.6 Å². The Morgan fingerprint density at radius 2 is 2.17 bits per heavy atom. The third kappa shape index (κ3) is 3.90. The van der Waals surface area contributed by atoms with E-state index in [4.69, 9.17) is 4.42 Å². The summed E-state index contributed by atoms with van der Waals surface area (Å²) in [5, 5.41) is 3.12. The Hall–Kier alpha value is -1.59. The van der Waals surface area contributed by atoms with Gasteiger partial charge in [0.1, 0.15) is 5.76 Å². The number of carbonyl (C=O) groups excluding carboxylic acids is 1. The molecule has 3 heterocycles. The van der Waals surface area contributed by atoms with Gasteiger partial charge in [-0.05, 0) is 63.0 Å². The van der Waals surface area contributed by atoms with Crippen molar-refractivity contribution in [2.75, 3.05) is 19.6 Å². The third-order valence-corrected chi connectivity index (χ3v) is 6.10. The fraction of sp³-hybridized carbons (Fsp3) is 0.526. The van der Waals surface area contributed by atoms with Crippen molar-refractivity contribution in [2.24, 2.45) is 0 Å². The van der Waals surface area contributed by atoms with Gasteiger partial charge in [0.2, 0.25) is 0 Å². The first-order chi connectivity index (χ1) is 11.7. The van der Waals surface area contributed by atoms with Crippen LogP contribution in [-0.4, -0.2) is 30.4 Å². The average molecular weight is 346 g/mol. The molecule has 1 aliphatic heterocycles. The summed E-state index contributed by atoms with van der Waals surface area (Å²) in [4.78, 5) is 17.1. The van der Waals surface area contributed by atoms with Crippen molar-refractivity contribution in [3.8, 4) is 0 Å². The smallest absolute Gasteiger partial charge is 0.261 e.